The van der Waals surface area contributed by atoms with E-state index in [9.17, 15) is 4.39 Å². The van der Waals surface area contributed by atoms with E-state index in [1.807, 2.05) is 37.1 Å². The van der Waals surface area contributed by atoms with E-state index in [-0.39, 0.29) is 5.82 Å². The van der Waals surface area contributed by atoms with Gasteiger partial charge in [-0.2, -0.15) is 0 Å². The number of nitrogens with zero attached hydrogens (tertiary/aromatic N) is 1. The van der Waals surface area contributed by atoms with E-state index in [2.05, 4.69) is 0 Å². The molecule has 0 amide bonds. The lowest BCUT2D eigenvalue weighted by atomic mass is 10.1. The number of rotatable bonds is 5. The van der Waals surface area contributed by atoms with Crippen LogP contribution in [-0.2, 0) is 19.6 Å². The average molecular weight is 262 g/mol. The lowest BCUT2D eigenvalue weighted by molar-refractivity contribution is 0.281. The van der Waals surface area contributed by atoms with Crippen molar-refractivity contribution in [1.82, 2.24) is 4.90 Å². The Morgan fingerprint density at radius 3 is 2.63 bits per heavy atom. The highest BCUT2D eigenvalue weighted by atomic mass is 19.1. The van der Waals surface area contributed by atoms with Crippen molar-refractivity contribution in [3.8, 4) is 0 Å². The molecule has 0 aliphatic heterocycles. The van der Waals surface area contributed by atoms with Gasteiger partial charge in [-0.3, -0.25) is 4.90 Å². The molecule has 0 bridgehead atoms. The van der Waals surface area contributed by atoms with Gasteiger partial charge in [0, 0.05) is 18.7 Å². The quantitative estimate of drug-likeness (QED) is 0.901. The molecule has 1 aromatic heterocycles. The summed E-state index contributed by atoms with van der Waals surface area (Å²) in [7, 11) is 1.94. The van der Waals surface area contributed by atoms with Crippen LogP contribution in [0, 0.1) is 12.7 Å². The second kappa shape index (κ2) is 5.99. The van der Waals surface area contributed by atoms with Crippen LogP contribution in [0.4, 0.5) is 4.39 Å². The van der Waals surface area contributed by atoms with Crippen LogP contribution < -0.4 is 5.73 Å². The average Bonchev–Trinajstić information content (AvgIpc) is 2.77. The molecular weight excluding hydrogens is 243 g/mol. The molecule has 0 fully saturated rings. The summed E-state index contributed by atoms with van der Waals surface area (Å²) in [6.07, 6.45) is 0. The topological polar surface area (TPSA) is 42.4 Å². The summed E-state index contributed by atoms with van der Waals surface area (Å²) in [6, 6.07) is 8.88. The third-order valence-electron chi connectivity index (χ3n) is 3.01. The molecule has 102 valence electrons. The Labute approximate surface area is 112 Å². The highest BCUT2D eigenvalue weighted by Gasteiger charge is 2.09. The first-order valence-corrected chi connectivity index (χ1v) is 6.29. The van der Waals surface area contributed by atoms with Gasteiger partial charge in [0.2, 0.25) is 0 Å². The highest BCUT2D eigenvalue weighted by Crippen LogP contribution is 2.15. The molecule has 2 rings (SSSR count). The zero-order chi connectivity index (χ0) is 13.8. The second-order valence-electron chi connectivity index (χ2n) is 4.81. The molecule has 0 aliphatic carbocycles. The number of aryl methyl sites for hydroxylation is 1. The Bertz CT molecular complexity index is 551. The van der Waals surface area contributed by atoms with Crippen molar-refractivity contribution in [2.45, 2.75) is 26.6 Å². The van der Waals surface area contributed by atoms with E-state index in [1.54, 1.807) is 6.07 Å². The second-order valence-corrected chi connectivity index (χ2v) is 4.81. The van der Waals surface area contributed by atoms with E-state index in [0.29, 0.717) is 25.2 Å². The third-order valence-corrected chi connectivity index (χ3v) is 3.01. The molecule has 3 nitrogen and oxygen atoms in total. The number of hydrogen-bond acceptors (Lipinski definition) is 3. The predicted molar refractivity (Wildman–Crippen MR) is 72.9 cm³/mol. The number of furan rings is 1. The van der Waals surface area contributed by atoms with Gasteiger partial charge >= 0.3 is 0 Å². The summed E-state index contributed by atoms with van der Waals surface area (Å²) in [5.41, 5.74) is 7.18. The van der Waals surface area contributed by atoms with Crippen LogP contribution in [0.3, 0.4) is 0 Å². The van der Waals surface area contributed by atoms with Crippen LogP contribution in [0.15, 0.2) is 34.7 Å². The van der Waals surface area contributed by atoms with Crippen molar-refractivity contribution in [2.75, 3.05) is 7.05 Å². The van der Waals surface area contributed by atoms with Gasteiger partial charge < -0.3 is 10.2 Å². The Kier molecular flexibility index (Phi) is 4.35. The minimum Gasteiger partial charge on any atom is -0.465 e. The maximum Gasteiger partial charge on any atom is 0.127 e. The smallest absolute Gasteiger partial charge is 0.127 e. The molecule has 0 unspecified atom stereocenters. The van der Waals surface area contributed by atoms with Crippen LogP contribution in [-0.4, -0.2) is 11.9 Å². The van der Waals surface area contributed by atoms with Crippen molar-refractivity contribution in [3.05, 3.63) is 58.8 Å². The largest absolute Gasteiger partial charge is 0.465 e. The Morgan fingerprint density at radius 2 is 2.00 bits per heavy atom. The van der Waals surface area contributed by atoms with Gasteiger partial charge in [-0.1, -0.05) is 12.1 Å². The van der Waals surface area contributed by atoms with Gasteiger partial charge in [0.15, 0.2) is 0 Å². The number of nitrogens with two attached hydrogens (primary N) is 1. The first kappa shape index (κ1) is 13.8. The Morgan fingerprint density at radius 1 is 1.21 bits per heavy atom. The number of benzene rings is 1. The first-order valence-electron chi connectivity index (χ1n) is 6.29. The van der Waals surface area contributed by atoms with Crippen molar-refractivity contribution >= 4 is 0 Å². The van der Waals surface area contributed by atoms with E-state index in [4.69, 9.17) is 10.2 Å². The van der Waals surface area contributed by atoms with Gasteiger partial charge in [0.05, 0.1) is 6.54 Å². The fourth-order valence-corrected chi connectivity index (χ4v) is 2.06. The van der Waals surface area contributed by atoms with Gasteiger partial charge in [0.25, 0.3) is 0 Å². The van der Waals surface area contributed by atoms with Crippen molar-refractivity contribution in [1.29, 1.82) is 0 Å². The summed E-state index contributed by atoms with van der Waals surface area (Å²) in [4.78, 5) is 2.01. The van der Waals surface area contributed by atoms with Crippen LogP contribution >= 0.6 is 0 Å². The van der Waals surface area contributed by atoms with E-state index < -0.39 is 0 Å². The van der Waals surface area contributed by atoms with E-state index in [1.165, 1.54) is 6.07 Å². The Hall–Kier alpha value is -1.65. The van der Waals surface area contributed by atoms with Gasteiger partial charge in [-0.05, 0) is 37.7 Å². The fourth-order valence-electron chi connectivity index (χ4n) is 2.06. The molecule has 1 aromatic carbocycles. The molecule has 0 aliphatic rings. The summed E-state index contributed by atoms with van der Waals surface area (Å²) >= 11 is 0. The summed E-state index contributed by atoms with van der Waals surface area (Å²) in [6.45, 7) is 3.52. The summed E-state index contributed by atoms with van der Waals surface area (Å²) < 4.78 is 19.2. The molecule has 4 heteroatoms. The van der Waals surface area contributed by atoms with Crippen LogP contribution in [0.5, 0.6) is 0 Å². The zero-order valence-electron chi connectivity index (χ0n) is 11.3. The molecule has 1 heterocycles. The minimum atomic E-state index is -0.195. The van der Waals surface area contributed by atoms with Crippen molar-refractivity contribution < 1.29 is 8.81 Å². The van der Waals surface area contributed by atoms with Crippen LogP contribution in [0.2, 0.25) is 0 Å². The summed E-state index contributed by atoms with van der Waals surface area (Å²) in [5, 5.41) is 0. The zero-order valence-corrected chi connectivity index (χ0v) is 11.3. The maximum absolute atomic E-state index is 13.7. The van der Waals surface area contributed by atoms with Crippen LogP contribution in [0.25, 0.3) is 0 Å². The molecule has 0 saturated heterocycles. The third kappa shape index (κ3) is 3.66. The monoisotopic (exact) mass is 262 g/mol. The molecule has 0 saturated carbocycles. The van der Waals surface area contributed by atoms with E-state index in [0.717, 1.165) is 17.1 Å². The van der Waals surface area contributed by atoms with Crippen molar-refractivity contribution in [3.63, 3.8) is 0 Å². The molecule has 0 radical (unpaired) electrons. The molecule has 0 spiro atoms. The highest BCUT2D eigenvalue weighted by molar-refractivity contribution is 5.25. The standard InChI is InChI=1S/C15H19FN2O/c1-11-3-5-14(19-11)10-18(2)9-13-7-12(8-17)4-6-15(13)16/h3-7H,8-10,17H2,1-2H3. The lowest BCUT2D eigenvalue weighted by Crippen LogP contribution is -2.18. The Balaban J connectivity index is 2.03. The predicted octanol–water partition coefficient (Wildman–Crippen LogP) is 2.82. The molecule has 2 N–H and O–H groups in total. The van der Waals surface area contributed by atoms with Gasteiger partial charge in [0.1, 0.15) is 17.3 Å². The molecule has 2 aromatic rings. The first-order chi connectivity index (χ1) is 9.08. The fraction of sp³-hybridized carbons (Fsp3) is 0.333. The number of hydrogen-bond donors (Lipinski definition) is 1. The maximum atomic E-state index is 13.7. The van der Waals surface area contributed by atoms with Gasteiger partial charge in [-0.15, -0.1) is 0 Å². The minimum absolute atomic E-state index is 0.195. The lowest BCUT2D eigenvalue weighted by Gasteiger charge is -2.16. The number of halogens is 1. The molecular formula is C15H19FN2O. The van der Waals surface area contributed by atoms with Crippen LogP contribution in [0.1, 0.15) is 22.6 Å². The molecule has 19 heavy (non-hydrogen) atoms. The SMILES string of the molecule is Cc1ccc(CN(C)Cc2cc(CN)ccc2F)o1. The summed E-state index contributed by atoms with van der Waals surface area (Å²) in [5.74, 6) is 1.58. The van der Waals surface area contributed by atoms with E-state index >= 15 is 0 Å². The van der Waals surface area contributed by atoms with Crippen molar-refractivity contribution in [2.24, 2.45) is 5.73 Å². The van der Waals surface area contributed by atoms with Gasteiger partial charge in [-0.25, -0.2) is 4.39 Å². The molecule has 0 atom stereocenters. The normalized spacial score (nSPS) is 11.2.